The third-order valence-electron chi connectivity index (χ3n) is 4.42. The number of para-hydroxylation sites is 1. The van der Waals surface area contributed by atoms with Crippen molar-refractivity contribution in [1.29, 1.82) is 0 Å². The van der Waals surface area contributed by atoms with Crippen molar-refractivity contribution >= 4 is 23.6 Å². The van der Waals surface area contributed by atoms with Crippen molar-refractivity contribution in [2.45, 2.75) is 0 Å². The van der Waals surface area contributed by atoms with Crippen LogP contribution < -0.4 is 26.0 Å². The molecular formula is C23H23N3O5. The number of benzene rings is 2. The molecule has 1 aliphatic heterocycles. The fraction of sp³-hybridized carbons (Fsp3) is 0.130. The van der Waals surface area contributed by atoms with Gasteiger partial charge in [0.05, 0.1) is 18.4 Å². The highest BCUT2D eigenvalue weighted by atomic mass is 16.7. The lowest BCUT2D eigenvalue weighted by Gasteiger charge is -2.13. The fourth-order valence-corrected chi connectivity index (χ4v) is 2.85. The summed E-state index contributed by atoms with van der Waals surface area (Å²) < 4.78 is 11.3. The molecule has 31 heavy (non-hydrogen) atoms. The van der Waals surface area contributed by atoms with Gasteiger partial charge in [-0.2, -0.15) is 5.90 Å². The maximum Gasteiger partial charge on any atom is 0.358 e. The summed E-state index contributed by atoms with van der Waals surface area (Å²) in [5.41, 5.74) is 2.28. The van der Waals surface area contributed by atoms with Crippen LogP contribution in [0.15, 0.2) is 72.5 Å². The van der Waals surface area contributed by atoms with Crippen LogP contribution in [0.4, 0.5) is 5.69 Å². The Kier molecular flexibility index (Phi) is 7.45. The van der Waals surface area contributed by atoms with Gasteiger partial charge < -0.3 is 24.9 Å². The number of ether oxygens (including phenoxy) is 2. The molecule has 0 saturated carbocycles. The summed E-state index contributed by atoms with van der Waals surface area (Å²) in [4.78, 5) is 28.2. The Labute approximate surface area is 179 Å². The zero-order chi connectivity index (χ0) is 22.1. The van der Waals surface area contributed by atoms with Gasteiger partial charge in [0.15, 0.2) is 11.5 Å². The molecule has 1 aliphatic rings. The first-order valence-electron chi connectivity index (χ1n) is 9.49. The Bertz CT molecular complexity index is 1040. The molecule has 0 radical (unpaired) electrons. The van der Waals surface area contributed by atoms with Crippen LogP contribution >= 0.6 is 0 Å². The minimum atomic E-state index is -0.740. The van der Waals surface area contributed by atoms with Gasteiger partial charge in [-0.25, -0.2) is 4.79 Å². The number of nitrogens with one attached hydrogen (secondary N) is 2. The molecule has 160 valence electrons. The number of anilines is 1. The van der Waals surface area contributed by atoms with E-state index in [4.69, 9.17) is 15.4 Å². The summed E-state index contributed by atoms with van der Waals surface area (Å²) in [5.74, 6) is 4.93. The van der Waals surface area contributed by atoms with Crippen LogP contribution in [0.5, 0.6) is 11.5 Å². The molecule has 2 aromatic carbocycles. The summed E-state index contributed by atoms with van der Waals surface area (Å²) in [7, 11) is 1.56. The first-order chi connectivity index (χ1) is 15.1. The lowest BCUT2D eigenvalue weighted by Crippen LogP contribution is -2.15. The monoisotopic (exact) mass is 421 g/mol. The van der Waals surface area contributed by atoms with E-state index in [2.05, 4.69) is 15.5 Å². The quantitative estimate of drug-likeness (QED) is 0.444. The molecule has 0 atom stereocenters. The van der Waals surface area contributed by atoms with E-state index in [0.29, 0.717) is 23.8 Å². The Morgan fingerprint density at radius 2 is 2.03 bits per heavy atom. The van der Waals surface area contributed by atoms with Crippen LogP contribution in [0.3, 0.4) is 0 Å². The Hall–Kier alpha value is -4.04. The number of rotatable bonds is 8. The highest BCUT2D eigenvalue weighted by Gasteiger charge is 2.13. The molecule has 0 spiro atoms. The number of nitrogens with two attached hydrogens (primary N) is 1. The predicted octanol–water partition coefficient (Wildman–Crippen LogP) is 2.80. The zero-order valence-electron chi connectivity index (χ0n) is 17.0. The number of carbonyl (C=O) groups is 2. The van der Waals surface area contributed by atoms with Gasteiger partial charge in [-0.05, 0) is 53.8 Å². The van der Waals surface area contributed by atoms with Crippen molar-refractivity contribution < 1.29 is 23.9 Å². The third-order valence-corrected chi connectivity index (χ3v) is 4.42. The number of hydrogen-bond donors (Lipinski definition) is 3. The zero-order valence-corrected chi connectivity index (χ0v) is 17.0. The van der Waals surface area contributed by atoms with Gasteiger partial charge >= 0.3 is 5.97 Å². The van der Waals surface area contributed by atoms with Crippen LogP contribution in [0.2, 0.25) is 0 Å². The van der Waals surface area contributed by atoms with Crippen molar-refractivity contribution in [2.24, 2.45) is 5.90 Å². The highest BCUT2D eigenvalue weighted by molar-refractivity contribution is 6.06. The summed E-state index contributed by atoms with van der Waals surface area (Å²) in [6.45, 7) is 1.20. The maximum atomic E-state index is 12.3. The lowest BCUT2D eigenvalue weighted by atomic mass is 10.1. The standard InChI is InChI=1S/C23H23N3O5/c1-29-21-14-16(6-8-20(21)30-15-17-10-12-25-13-11-17)7-9-22(27)26-19-5-3-2-4-18(19)23(28)31-24/h2-12,14,25H,13,15,24H2,1H3,(H,26,27)/b9-7+. The summed E-state index contributed by atoms with van der Waals surface area (Å²) >= 11 is 0. The largest absolute Gasteiger partial charge is 0.493 e. The maximum absolute atomic E-state index is 12.3. The number of methoxy groups -OCH3 is 1. The van der Waals surface area contributed by atoms with Crippen LogP contribution in [-0.2, 0) is 9.63 Å². The van der Waals surface area contributed by atoms with Crippen molar-refractivity contribution in [3.63, 3.8) is 0 Å². The fourth-order valence-electron chi connectivity index (χ4n) is 2.85. The second-order valence-electron chi connectivity index (χ2n) is 6.49. The van der Waals surface area contributed by atoms with Crippen LogP contribution in [0.25, 0.3) is 6.08 Å². The molecule has 1 amide bonds. The van der Waals surface area contributed by atoms with Gasteiger partial charge in [-0.1, -0.05) is 24.3 Å². The average Bonchev–Trinajstić information content (AvgIpc) is 2.82. The van der Waals surface area contributed by atoms with E-state index in [1.54, 1.807) is 43.5 Å². The molecule has 0 unspecified atom stereocenters. The van der Waals surface area contributed by atoms with Crippen molar-refractivity contribution in [1.82, 2.24) is 5.32 Å². The predicted molar refractivity (Wildman–Crippen MR) is 117 cm³/mol. The molecule has 8 nitrogen and oxygen atoms in total. The molecule has 4 N–H and O–H groups in total. The van der Waals surface area contributed by atoms with Gasteiger partial charge in [-0.3, -0.25) is 4.79 Å². The highest BCUT2D eigenvalue weighted by Crippen LogP contribution is 2.29. The van der Waals surface area contributed by atoms with E-state index < -0.39 is 11.9 Å². The molecule has 0 fully saturated rings. The molecule has 0 bridgehead atoms. The topological polar surface area (TPSA) is 112 Å². The van der Waals surface area contributed by atoms with Gasteiger partial charge in [-0.15, -0.1) is 0 Å². The number of hydrogen-bond acceptors (Lipinski definition) is 7. The SMILES string of the molecule is COc1cc(/C=C/C(=O)Nc2ccccc2C(=O)ON)ccc1OCC1=CCNC=C1. The molecule has 3 rings (SSSR count). The first-order valence-corrected chi connectivity index (χ1v) is 9.49. The molecular weight excluding hydrogens is 398 g/mol. The summed E-state index contributed by atoms with van der Waals surface area (Å²) in [6.07, 6.45) is 8.87. The van der Waals surface area contributed by atoms with E-state index in [9.17, 15) is 9.59 Å². The van der Waals surface area contributed by atoms with E-state index in [1.807, 2.05) is 24.4 Å². The molecule has 1 heterocycles. The minimum absolute atomic E-state index is 0.161. The van der Waals surface area contributed by atoms with E-state index in [1.165, 1.54) is 12.1 Å². The Morgan fingerprint density at radius 3 is 2.77 bits per heavy atom. The van der Waals surface area contributed by atoms with E-state index in [0.717, 1.165) is 17.7 Å². The molecule has 8 heteroatoms. The average molecular weight is 421 g/mol. The van der Waals surface area contributed by atoms with Crippen LogP contribution in [0.1, 0.15) is 15.9 Å². The van der Waals surface area contributed by atoms with Crippen molar-refractivity contribution in [3.05, 3.63) is 83.6 Å². The molecule has 2 aromatic rings. The Balaban J connectivity index is 1.65. The summed E-state index contributed by atoms with van der Waals surface area (Å²) in [6, 6.07) is 11.8. The van der Waals surface area contributed by atoms with Gasteiger partial charge in [0, 0.05) is 12.6 Å². The van der Waals surface area contributed by atoms with Crippen LogP contribution in [-0.4, -0.2) is 32.1 Å². The normalized spacial score (nSPS) is 12.6. The smallest absolute Gasteiger partial charge is 0.358 e. The first kappa shape index (κ1) is 21.7. The minimum Gasteiger partial charge on any atom is -0.493 e. The lowest BCUT2D eigenvalue weighted by molar-refractivity contribution is -0.111. The van der Waals surface area contributed by atoms with E-state index in [-0.39, 0.29) is 5.56 Å². The third kappa shape index (κ3) is 5.97. The number of carbonyl (C=O) groups excluding carboxylic acids is 2. The number of dihydropyridines is 1. The van der Waals surface area contributed by atoms with Gasteiger partial charge in [0.25, 0.3) is 0 Å². The second kappa shape index (κ2) is 10.7. The van der Waals surface area contributed by atoms with Crippen molar-refractivity contribution in [2.75, 3.05) is 25.6 Å². The number of amides is 1. The molecule has 0 aliphatic carbocycles. The van der Waals surface area contributed by atoms with E-state index >= 15 is 0 Å². The molecule has 0 saturated heterocycles. The van der Waals surface area contributed by atoms with Crippen molar-refractivity contribution in [3.8, 4) is 11.5 Å². The van der Waals surface area contributed by atoms with Gasteiger partial charge in [0.2, 0.25) is 5.91 Å². The summed E-state index contributed by atoms with van der Waals surface area (Å²) in [5, 5.41) is 5.72. The van der Waals surface area contributed by atoms with Gasteiger partial charge in [0.1, 0.15) is 6.61 Å². The second-order valence-corrected chi connectivity index (χ2v) is 6.49. The Morgan fingerprint density at radius 1 is 1.19 bits per heavy atom. The molecule has 0 aromatic heterocycles. The van der Waals surface area contributed by atoms with Crippen LogP contribution in [0, 0.1) is 0 Å².